The van der Waals surface area contributed by atoms with Gasteiger partial charge in [-0.15, -0.1) is 0 Å². The third-order valence-corrected chi connectivity index (χ3v) is 3.81. The average molecular weight is 301 g/mol. The van der Waals surface area contributed by atoms with Gasteiger partial charge in [0.2, 0.25) is 5.95 Å². The van der Waals surface area contributed by atoms with E-state index in [2.05, 4.69) is 38.2 Å². The Morgan fingerprint density at radius 3 is 2.87 bits per heavy atom. The number of aromatic nitrogens is 4. The van der Waals surface area contributed by atoms with Crippen LogP contribution in [0.15, 0.2) is 61.2 Å². The van der Waals surface area contributed by atoms with Gasteiger partial charge in [0, 0.05) is 46.9 Å². The standard InChI is InChI=1S/C18H15N5/c1-12-4-2-3-5-15(12)22-18-20-9-7-17(23-18)14-11-21-16-6-8-19-10-13(14)16/h2-11,21H,1H3,(H,20,22,23). The number of H-pyrrole nitrogens is 1. The van der Waals surface area contributed by atoms with Gasteiger partial charge >= 0.3 is 0 Å². The zero-order valence-electron chi connectivity index (χ0n) is 12.6. The fraction of sp³-hybridized carbons (Fsp3) is 0.0556. The Labute approximate surface area is 133 Å². The van der Waals surface area contributed by atoms with Crippen molar-refractivity contribution in [3.05, 3.63) is 66.7 Å². The fourth-order valence-corrected chi connectivity index (χ4v) is 2.58. The summed E-state index contributed by atoms with van der Waals surface area (Å²) in [6, 6.07) is 11.9. The first-order valence-corrected chi connectivity index (χ1v) is 7.38. The van der Waals surface area contributed by atoms with Crippen molar-refractivity contribution >= 4 is 22.5 Å². The molecule has 3 aromatic heterocycles. The number of hydrogen-bond acceptors (Lipinski definition) is 4. The molecule has 4 aromatic rings. The van der Waals surface area contributed by atoms with E-state index in [0.29, 0.717) is 5.95 Å². The molecule has 0 fully saturated rings. The highest BCUT2D eigenvalue weighted by molar-refractivity contribution is 5.93. The zero-order valence-corrected chi connectivity index (χ0v) is 12.6. The van der Waals surface area contributed by atoms with Crippen LogP contribution >= 0.6 is 0 Å². The summed E-state index contributed by atoms with van der Waals surface area (Å²) in [7, 11) is 0. The van der Waals surface area contributed by atoms with Crippen molar-refractivity contribution in [1.29, 1.82) is 0 Å². The molecule has 3 heterocycles. The second-order valence-corrected chi connectivity index (χ2v) is 5.33. The number of fused-ring (bicyclic) bond motifs is 1. The summed E-state index contributed by atoms with van der Waals surface area (Å²) in [4.78, 5) is 16.4. The first-order chi connectivity index (χ1) is 11.3. The van der Waals surface area contributed by atoms with Crippen molar-refractivity contribution in [2.45, 2.75) is 6.92 Å². The van der Waals surface area contributed by atoms with E-state index >= 15 is 0 Å². The Balaban J connectivity index is 1.73. The van der Waals surface area contributed by atoms with Crippen LogP contribution in [0.3, 0.4) is 0 Å². The van der Waals surface area contributed by atoms with Crippen LogP contribution in [0.2, 0.25) is 0 Å². The van der Waals surface area contributed by atoms with Crippen molar-refractivity contribution in [1.82, 2.24) is 19.9 Å². The first-order valence-electron chi connectivity index (χ1n) is 7.38. The van der Waals surface area contributed by atoms with Crippen LogP contribution in [-0.4, -0.2) is 19.9 Å². The lowest BCUT2D eigenvalue weighted by atomic mass is 10.1. The molecular weight excluding hydrogens is 286 g/mol. The Bertz CT molecular complexity index is 974. The smallest absolute Gasteiger partial charge is 0.227 e. The van der Waals surface area contributed by atoms with E-state index in [1.165, 1.54) is 0 Å². The largest absolute Gasteiger partial charge is 0.360 e. The number of para-hydroxylation sites is 1. The van der Waals surface area contributed by atoms with E-state index in [4.69, 9.17) is 0 Å². The minimum Gasteiger partial charge on any atom is -0.360 e. The molecule has 0 aliphatic rings. The third kappa shape index (κ3) is 2.53. The molecule has 5 heteroatoms. The van der Waals surface area contributed by atoms with Crippen molar-refractivity contribution in [3.8, 4) is 11.3 Å². The lowest BCUT2D eigenvalue weighted by Gasteiger charge is -2.08. The molecule has 0 saturated heterocycles. The quantitative estimate of drug-likeness (QED) is 0.598. The highest BCUT2D eigenvalue weighted by Gasteiger charge is 2.09. The molecule has 112 valence electrons. The molecule has 4 rings (SSSR count). The van der Waals surface area contributed by atoms with Crippen LogP contribution in [0.4, 0.5) is 11.6 Å². The minimum atomic E-state index is 0.579. The van der Waals surface area contributed by atoms with Gasteiger partial charge in [0.15, 0.2) is 0 Å². The second kappa shape index (κ2) is 5.53. The van der Waals surface area contributed by atoms with Gasteiger partial charge in [-0.25, -0.2) is 9.97 Å². The molecule has 0 bridgehead atoms. The predicted octanol–water partition coefficient (Wildman–Crippen LogP) is 4.07. The van der Waals surface area contributed by atoms with Crippen molar-refractivity contribution in [3.63, 3.8) is 0 Å². The topological polar surface area (TPSA) is 66.5 Å². The molecular formula is C18H15N5. The predicted molar refractivity (Wildman–Crippen MR) is 91.6 cm³/mol. The number of rotatable bonds is 3. The number of aryl methyl sites for hydroxylation is 1. The molecule has 0 unspecified atom stereocenters. The van der Waals surface area contributed by atoms with Crippen molar-refractivity contribution in [2.24, 2.45) is 0 Å². The third-order valence-electron chi connectivity index (χ3n) is 3.81. The van der Waals surface area contributed by atoms with E-state index < -0.39 is 0 Å². The second-order valence-electron chi connectivity index (χ2n) is 5.33. The highest BCUT2D eigenvalue weighted by atomic mass is 15.1. The van der Waals surface area contributed by atoms with E-state index in [1.54, 1.807) is 12.4 Å². The maximum Gasteiger partial charge on any atom is 0.227 e. The number of nitrogens with zero attached hydrogens (tertiary/aromatic N) is 3. The van der Waals surface area contributed by atoms with Crippen LogP contribution in [0.5, 0.6) is 0 Å². The molecule has 0 aliphatic carbocycles. The molecule has 0 spiro atoms. The summed E-state index contributed by atoms with van der Waals surface area (Å²) in [6.45, 7) is 2.05. The Morgan fingerprint density at radius 2 is 1.96 bits per heavy atom. The van der Waals surface area contributed by atoms with Gasteiger partial charge in [-0.2, -0.15) is 0 Å². The summed E-state index contributed by atoms with van der Waals surface area (Å²) in [6.07, 6.45) is 7.33. The van der Waals surface area contributed by atoms with Gasteiger partial charge in [0.1, 0.15) is 0 Å². The summed E-state index contributed by atoms with van der Waals surface area (Å²) >= 11 is 0. The van der Waals surface area contributed by atoms with Gasteiger partial charge in [0.25, 0.3) is 0 Å². The molecule has 2 N–H and O–H groups in total. The average Bonchev–Trinajstić information content (AvgIpc) is 3.01. The lowest BCUT2D eigenvalue weighted by Crippen LogP contribution is -1.99. The van der Waals surface area contributed by atoms with E-state index in [1.807, 2.05) is 42.7 Å². The van der Waals surface area contributed by atoms with Gasteiger partial charge in [-0.05, 0) is 30.7 Å². The molecule has 0 atom stereocenters. The lowest BCUT2D eigenvalue weighted by molar-refractivity contribution is 1.17. The SMILES string of the molecule is Cc1ccccc1Nc1nccc(-c2c[nH]c3ccncc23)n1. The summed E-state index contributed by atoms with van der Waals surface area (Å²) in [5.74, 6) is 0.579. The Hall–Kier alpha value is -3.21. The molecule has 23 heavy (non-hydrogen) atoms. The Kier molecular flexibility index (Phi) is 3.24. The summed E-state index contributed by atoms with van der Waals surface area (Å²) in [5.41, 5.74) is 5.07. The summed E-state index contributed by atoms with van der Waals surface area (Å²) in [5, 5.41) is 4.32. The molecule has 0 saturated carbocycles. The maximum atomic E-state index is 4.63. The van der Waals surface area contributed by atoms with Crippen molar-refractivity contribution in [2.75, 3.05) is 5.32 Å². The van der Waals surface area contributed by atoms with Crippen LogP contribution in [0, 0.1) is 6.92 Å². The van der Waals surface area contributed by atoms with Crippen molar-refractivity contribution < 1.29 is 0 Å². The van der Waals surface area contributed by atoms with Gasteiger partial charge in [-0.1, -0.05) is 18.2 Å². The van der Waals surface area contributed by atoms with Gasteiger partial charge in [0.05, 0.1) is 5.69 Å². The molecule has 1 aromatic carbocycles. The number of pyridine rings is 1. The van der Waals surface area contributed by atoms with Crippen LogP contribution < -0.4 is 5.32 Å². The number of anilines is 2. The number of aromatic amines is 1. The van der Waals surface area contributed by atoms with E-state index in [-0.39, 0.29) is 0 Å². The monoisotopic (exact) mass is 301 g/mol. The highest BCUT2D eigenvalue weighted by Crippen LogP contribution is 2.27. The molecule has 0 aliphatic heterocycles. The molecule has 0 radical (unpaired) electrons. The first kappa shape index (κ1) is 13.5. The molecule has 5 nitrogen and oxygen atoms in total. The minimum absolute atomic E-state index is 0.579. The number of benzene rings is 1. The van der Waals surface area contributed by atoms with Gasteiger partial charge in [-0.3, -0.25) is 4.98 Å². The van der Waals surface area contributed by atoms with E-state index in [0.717, 1.165) is 33.4 Å². The number of nitrogens with one attached hydrogen (secondary N) is 2. The van der Waals surface area contributed by atoms with Gasteiger partial charge < -0.3 is 10.3 Å². The number of hydrogen-bond donors (Lipinski definition) is 2. The van der Waals surface area contributed by atoms with E-state index in [9.17, 15) is 0 Å². The Morgan fingerprint density at radius 1 is 1.04 bits per heavy atom. The maximum absolute atomic E-state index is 4.63. The van der Waals surface area contributed by atoms with Crippen LogP contribution in [-0.2, 0) is 0 Å². The summed E-state index contributed by atoms with van der Waals surface area (Å²) < 4.78 is 0. The van der Waals surface area contributed by atoms with Crippen LogP contribution in [0.25, 0.3) is 22.2 Å². The van der Waals surface area contributed by atoms with Crippen LogP contribution in [0.1, 0.15) is 5.56 Å². The zero-order chi connectivity index (χ0) is 15.6. The molecule has 0 amide bonds. The normalized spacial score (nSPS) is 10.8. The fourth-order valence-electron chi connectivity index (χ4n) is 2.58.